The maximum atomic E-state index is 12.6. The van der Waals surface area contributed by atoms with Crippen molar-refractivity contribution in [2.45, 2.75) is 24.8 Å². The molecular weight excluding hydrogens is 390 g/mol. The molecular formula is C18H16F2N4O3S. The summed E-state index contributed by atoms with van der Waals surface area (Å²) in [6.45, 7) is 1.93. The zero-order chi connectivity index (χ0) is 20.3. The van der Waals surface area contributed by atoms with Crippen molar-refractivity contribution < 1.29 is 22.0 Å². The summed E-state index contributed by atoms with van der Waals surface area (Å²) in [4.78, 5) is 20.3. The molecule has 1 aromatic carbocycles. The minimum absolute atomic E-state index is 0.132. The number of hydrogen-bond acceptors (Lipinski definition) is 5. The number of carbonyl (C=O) groups excluding carboxylic acids is 1. The van der Waals surface area contributed by atoms with Crippen molar-refractivity contribution >= 4 is 15.9 Å². The number of aryl methyl sites for hydroxylation is 1. The van der Waals surface area contributed by atoms with Crippen LogP contribution in [0.15, 0.2) is 60.0 Å². The van der Waals surface area contributed by atoms with Gasteiger partial charge in [0.05, 0.1) is 34.6 Å². The first kappa shape index (κ1) is 19.6. The van der Waals surface area contributed by atoms with Crippen molar-refractivity contribution in [1.82, 2.24) is 19.3 Å². The highest BCUT2D eigenvalue weighted by molar-refractivity contribution is 7.90. The molecule has 2 aromatic heterocycles. The lowest BCUT2D eigenvalue weighted by molar-refractivity contribution is 0.0950. The molecule has 0 aliphatic heterocycles. The van der Waals surface area contributed by atoms with Gasteiger partial charge in [-0.05, 0) is 25.1 Å². The molecule has 0 radical (unpaired) electrons. The standard InChI is InChI=1S/C18H16F2N4O3S/c1-12-8-22-15(9-21-12)10-23-18(25)14-6-7-24(11-14)28(26,27)16-4-2-13(3-5-16)17(19)20/h2-9,11,17H,10H2,1H3,(H,23,25). The van der Waals surface area contributed by atoms with Gasteiger partial charge in [-0.1, -0.05) is 12.1 Å². The van der Waals surface area contributed by atoms with Crippen molar-refractivity contribution in [2.24, 2.45) is 0 Å². The summed E-state index contributed by atoms with van der Waals surface area (Å²) in [5, 5.41) is 2.63. The molecule has 28 heavy (non-hydrogen) atoms. The lowest BCUT2D eigenvalue weighted by Gasteiger charge is -2.07. The van der Waals surface area contributed by atoms with Gasteiger partial charge in [0.25, 0.3) is 22.4 Å². The zero-order valence-corrected chi connectivity index (χ0v) is 15.5. The lowest BCUT2D eigenvalue weighted by atomic mass is 10.2. The van der Waals surface area contributed by atoms with Crippen LogP contribution in [0.1, 0.15) is 33.7 Å². The van der Waals surface area contributed by atoms with E-state index in [1.807, 2.05) is 0 Å². The van der Waals surface area contributed by atoms with E-state index < -0.39 is 22.4 Å². The van der Waals surface area contributed by atoms with Gasteiger partial charge in [0.1, 0.15) is 0 Å². The first-order valence-electron chi connectivity index (χ1n) is 8.15. The van der Waals surface area contributed by atoms with Crippen molar-refractivity contribution in [3.63, 3.8) is 0 Å². The van der Waals surface area contributed by atoms with E-state index in [-0.39, 0.29) is 22.6 Å². The summed E-state index contributed by atoms with van der Waals surface area (Å²) < 4.78 is 51.3. The third-order valence-corrected chi connectivity index (χ3v) is 5.55. The zero-order valence-electron chi connectivity index (χ0n) is 14.7. The molecule has 0 atom stereocenters. The number of carbonyl (C=O) groups is 1. The van der Waals surface area contributed by atoms with Gasteiger partial charge in [-0.2, -0.15) is 0 Å². The van der Waals surface area contributed by atoms with Gasteiger partial charge in [0, 0.05) is 24.2 Å². The molecule has 1 amide bonds. The summed E-state index contributed by atoms with van der Waals surface area (Å²) in [6.07, 6.45) is 2.80. The topological polar surface area (TPSA) is 94.0 Å². The number of alkyl halides is 2. The minimum Gasteiger partial charge on any atom is -0.346 e. The van der Waals surface area contributed by atoms with Gasteiger partial charge < -0.3 is 5.32 Å². The highest BCUT2D eigenvalue weighted by atomic mass is 32.2. The van der Waals surface area contributed by atoms with E-state index in [1.54, 1.807) is 13.1 Å². The predicted molar refractivity (Wildman–Crippen MR) is 96.4 cm³/mol. The second-order valence-electron chi connectivity index (χ2n) is 5.94. The van der Waals surface area contributed by atoms with Crippen LogP contribution in [0.25, 0.3) is 0 Å². The second-order valence-corrected chi connectivity index (χ2v) is 7.78. The Kier molecular flexibility index (Phi) is 5.50. The fourth-order valence-electron chi connectivity index (χ4n) is 2.35. The molecule has 0 saturated heterocycles. The monoisotopic (exact) mass is 406 g/mol. The maximum Gasteiger partial charge on any atom is 0.267 e. The van der Waals surface area contributed by atoms with E-state index in [0.717, 1.165) is 40.1 Å². The smallest absolute Gasteiger partial charge is 0.267 e. The number of amides is 1. The fourth-order valence-corrected chi connectivity index (χ4v) is 3.55. The number of benzene rings is 1. The molecule has 0 spiro atoms. The third-order valence-electron chi connectivity index (χ3n) is 3.90. The molecule has 0 saturated carbocycles. The van der Waals surface area contributed by atoms with Crippen LogP contribution in [0.2, 0.25) is 0 Å². The van der Waals surface area contributed by atoms with Crippen LogP contribution in [-0.2, 0) is 16.6 Å². The van der Waals surface area contributed by atoms with Gasteiger partial charge in [-0.25, -0.2) is 21.2 Å². The average molecular weight is 406 g/mol. The SMILES string of the molecule is Cc1cnc(CNC(=O)c2ccn(S(=O)(=O)c3ccc(C(F)F)cc3)c2)cn1. The first-order chi connectivity index (χ1) is 13.3. The van der Waals surface area contributed by atoms with Crippen LogP contribution in [0, 0.1) is 6.92 Å². The Morgan fingerprint density at radius 2 is 1.86 bits per heavy atom. The van der Waals surface area contributed by atoms with E-state index in [4.69, 9.17) is 0 Å². The number of nitrogens with one attached hydrogen (secondary N) is 1. The fraction of sp³-hybridized carbons (Fsp3) is 0.167. The van der Waals surface area contributed by atoms with E-state index in [1.165, 1.54) is 18.5 Å². The molecule has 10 heteroatoms. The summed E-state index contributed by atoms with van der Waals surface area (Å²) in [7, 11) is -4.00. The Hall–Kier alpha value is -3.14. The Labute approximate surface area is 160 Å². The summed E-state index contributed by atoms with van der Waals surface area (Å²) in [5.41, 5.74) is 1.17. The minimum atomic E-state index is -4.00. The summed E-state index contributed by atoms with van der Waals surface area (Å²) in [6, 6.07) is 5.66. The largest absolute Gasteiger partial charge is 0.346 e. The summed E-state index contributed by atoms with van der Waals surface area (Å²) >= 11 is 0. The number of nitrogens with zero attached hydrogens (tertiary/aromatic N) is 3. The van der Waals surface area contributed by atoms with Gasteiger partial charge >= 0.3 is 0 Å². The molecule has 0 aliphatic rings. The second kappa shape index (κ2) is 7.85. The normalized spacial score (nSPS) is 11.6. The van der Waals surface area contributed by atoms with Crippen molar-refractivity contribution in [2.75, 3.05) is 0 Å². The Balaban J connectivity index is 1.72. The number of hydrogen-bond donors (Lipinski definition) is 1. The number of aromatic nitrogens is 3. The highest BCUT2D eigenvalue weighted by Crippen LogP contribution is 2.22. The molecule has 146 valence electrons. The van der Waals surface area contributed by atoms with Crippen LogP contribution in [0.4, 0.5) is 8.78 Å². The maximum absolute atomic E-state index is 12.6. The first-order valence-corrected chi connectivity index (χ1v) is 9.59. The van der Waals surface area contributed by atoms with Gasteiger partial charge in [-0.3, -0.25) is 14.8 Å². The van der Waals surface area contributed by atoms with Crippen LogP contribution in [0.3, 0.4) is 0 Å². The van der Waals surface area contributed by atoms with Gasteiger partial charge in [0.15, 0.2) is 0 Å². The molecule has 1 N–H and O–H groups in total. The molecule has 3 rings (SSSR count). The predicted octanol–water partition coefficient (Wildman–Crippen LogP) is 2.69. The van der Waals surface area contributed by atoms with Crippen molar-refractivity contribution in [3.8, 4) is 0 Å². The number of rotatable bonds is 6. The molecule has 0 aliphatic carbocycles. The molecule has 0 bridgehead atoms. The van der Waals surface area contributed by atoms with E-state index in [2.05, 4.69) is 15.3 Å². The van der Waals surface area contributed by atoms with E-state index >= 15 is 0 Å². The van der Waals surface area contributed by atoms with Crippen LogP contribution < -0.4 is 5.32 Å². The van der Waals surface area contributed by atoms with E-state index in [9.17, 15) is 22.0 Å². The van der Waals surface area contributed by atoms with Crippen molar-refractivity contribution in [3.05, 3.63) is 77.6 Å². The molecule has 0 fully saturated rings. The van der Waals surface area contributed by atoms with Gasteiger partial charge in [0.2, 0.25) is 0 Å². The molecule has 3 aromatic rings. The van der Waals surface area contributed by atoms with E-state index in [0.29, 0.717) is 5.69 Å². The molecule has 7 nitrogen and oxygen atoms in total. The van der Waals surface area contributed by atoms with Crippen LogP contribution >= 0.6 is 0 Å². The lowest BCUT2D eigenvalue weighted by Crippen LogP contribution is -2.23. The quantitative estimate of drug-likeness (QED) is 0.679. The summed E-state index contributed by atoms with van der Waals surface area (Å²) in [5.74, 6) is -0.482. The molecule has 2 heterocycles. The third kappa shape index (κ3) is 4.22. The Bertz CT molecular complexity index is 1080. The molecule has 0 unspecified atom stereocenters. The van der Waals surface area contributed by atoms with Gasteiger partial charge in [-0.15, -0.1) is 0 Å². The van der Waals surface area contributed by atoms with Crippen LogP contribution in [-0.4, -0.2) is 28.3 Å². The van der Waals surface area contributed by atoms with Crippen LogP contribution in [0.5, 0.6) is 0 Å². The number of halogens is 2. The van der Waals surface area contributed by atoms with Crippen molar-refractivity contribution in [1.29, 1.82) is 0 Å². The average Bonchev–Trinajstić information content (AvgIpc) is 3.18. The Morgan fingerprint density at radius 1 is 1.14 bits per heavy atom. The highest BCUT2D eigenvalue weighted by Gasteiger charge is 2.19. The Morgan fingerprint density at radius 3 is 2.46 bits per heavy atom.